The molecule has 13 N–H and O–H groups in total. The van der Waals surface area contributed by atoms with Crippen LogP contribution in [0.2, 0.25) is 0 Å². The fraction of sp³-hybridized carbons (Fsp3) is 0.750. The van der Waals surface area contributed by atoms with Gasteiger partial charge in [-0.3, -0.25) is 63.2 Å². The largest absolute Gasteiger partial charge is 0.507 e. The summed E-state index contributed by atoms with van der Waals surface area (Å²) in [6, 6.07) is 0. The number of H-pyrrole nitrogens is 1. The maximum Gasteiger partial charge on any atom is 0.507 e. The molecule has 46 heavy (non-hydrogen) atoms. The molecule has 0 aliphatic carbocycles. The van der Waals surface area contributed by atoms with E-state index >= 15 is 0 Å². The first kappa shape index (κ1) is 58.0. The molecule has 1 aromatic rings. The van der Waals surface area contributed by atoms with Crippen LogP contribution in [0, 0.1) is 0 Å². The molecule has 0 aliphatic heterocycles. The summed E-state index contributed by atoms with van der Waals surface area (Å²) in [4.78, 5) is 83.6. The molecule has 284 valence electrons. The zero-order valence-electron chi connectivity index (χ0n) is 23.4. The van der Waals surface area contributed by atoms with Crippen LogP contribution < -0.4 is 4.52 Å². The molecule has 0 radical (unpaired) electrons. The summed E-state index contributed by atoms with van der Waals surface area (Å²) >= 11 is 0. The van der Waals surface area contributed by atoms with Gasteiger partial charge in [-0.15, -0.1) is 44.3 Å². The number of nitrogens with zero attached hydrogens (tertiary/aromatic N) is 5. The molecule has 0 fully saturated rings. The van der Waals surface area contributed by atoms with Crippen LogP contribution in [-0.2, 0) is 27.4 Å². The van der Waals surface area contributed by atoms with Crippen molar-refractivity contribution < 1.29 is 116 Å². The van der Waals surface area contributed by atoms with E-state index in [0.29, 0.717) is 5.88 Å². The molecule has 0 saturated carbocycles. The molecular weight excluding hydrogens is 815 g/mol. The van der Waals surface area contributed by atoms with Crippen molar-refractivity contribution in [3.63, 3.8) is 0 Å². The van der Waals surface area contributed by atoms with Crippen molar-refractivity contribution in [2.75, 3.05) is 42.3 Å². The predicted molar refractivity (Wildman–Crippen MR) is 144 cm³/mol. The Hall–Kier alpha value is -0.270. The van der Waals surface area contributed by atoms with Crippen LogP contribution >= 0.6 is 55.4 Å². The normalized spacial score (nSPS) is 12.2. The molecule has 25 nitrogen and oxygen atoms in total. The first-order valence-electron chi connectivity index (χ1n) is 9.40. The van der Waals surface area contributed by atoms with Crippen molar-refractivity contribution >= 4 is 55.4 Å². The highest BCUT2D eigenvalue weighted by atomic mass is 31.2. The lowest BCUT2D eigenvalue weighted by molar-refractivity contribution is 0.320. The number of aromatic nitrogens is 3. The number of hydrogen-bond acceptors (Lipinski definition) is 12. The Labute approximate surface area is 255 Å². The van der Waals surface area contributed by atoms with E-state index in [1.54, 1.807) is 6.20 Å². The third-order valence-corrected chi connectivity index (χ3v) is 5.73. The van der Waals surface area contributed by atoms with Crippen molar-refractivity contribution in [2.24, 2.45) is 0 Å². The minimum atomic E-state index is -5.14. The quantitative estimate of drug-likeness (QED) is 0.144. The second kappa shape index (κ2) is 24.8. The first-order chi connectivity index (χ1) is 19.4. The molecule has 1 rings (SSSR count). The van der Waals surface area contributed by atoms with E-state index in [4.69, 9.17) is 90.6 Å². The fourth-order valence-electron chi connectivity index (χ4n) is 1.68. The van der Waals surface area contributed by atoms with Crippen LogP contribution in [0.5, 0.6) is 5.88 Å². The summed E-state index contributed by atoms with van der Waals surface area (Å²) in [5.41, 5.74) is 0. The highest BCUT2D eigenvalue weighted by Gasteiger charge is 2.52. The van der Waals surface area contributed by atoms with Gasteiger partial charge >= 0.3 is 61.3 Å². The number of aromatic amines is 1. The highest BCUT2D eigenvalue weighted by Crippen LogP contribution is 2.63. The van der Waals surface area contributed by atoms with Crippen molar-refractivity contribution in [1.29, 1.82) is 0 Å². The molecule has 0 atom stereocenters. The zero-order valence-corrected chi connectivity index (χ0v) is 29.7. The van der Waals surface area contributed by atoms with E-state index in [1.807, 2.05) is 42.3 Å². The van der Waals surface area contributed by atoms with Crippen molar-refractivity contribution in [3.8, 4) is 5.88 Å². The van der Waals surface area contributed by atoms with Crippen LogP contribution in [0.4, 0.5) is 25.2 Å². The molecule has 0 unspecified atom stereocenters. The zero-order chi connectivity index (χ0) is 39.3. The van der Waals surface area contributed by atoms with Gasteiger partial charge in [0.2, 0.25) is 0 Å². The monoisotopic (exact) mass is 847 g/mol. The second-order valence-electron chi connectivity index (χ2n) is 6.79. The predicted octanol–water partition coefficient (Wildman–Crippen LogP) is 0.838. The lowest BCUT2D eigenvalue weighted by Gasteiger charge is -2.36. The Morgan fingerprint density at radius 2 is 0.717 bits per heavy atom. The van der Waals surface area contributed by atoms with Gasteiger partial charge in [0.1, 0.15) is 6.20 Å². The fourth-order valence-corrected chi connectivity index (χ4v) is 4.65. The minimum Gasteiger partial charge on any atom is -0.299 e. The molecule has 1 heterocycles. The van der Waals surface area contributed by atoms with Crippen LogP contribution in [0.25, 0.3) is 0 Å². The number of rotatable bonds is 5. The Morgan fingerprint density at radius 3 is 0.826 bits per heavy atom. The van der Waals surface area contributed by atoms with E-state index < -0.39 is 55.4 Å². The summed E-state index contributed by atoms with van der Waals surface area (Å²) in [6.45, 7) is 0. The van der Waals surface area contributed by atoms with E-state index in [9.17, 15) is 25.2 Å². The van der Waals surface area contributed by atoms with E-state index in [1.165, 1.54) is 0 Å². The lowest BCUT2D eigenvalue weighted by atomic mass is 10.9. The lowest BCUT2D eigenvalue weighted by Crippen LogP contribution is -2.39. The van der Waals surface area contributed by atoms with E-state index in [2.05, 4.69) is 29.4 Å². The summed E-state index contributed by atoms with van der Waals surface area (Å²) in [5.74, 6) is 0.504. The van der Waals surface area contributed by atoms with Crippen LogP contribution in [0.15, 0.2) is 6.20 Å². The molecule has 0 aliphatic rings. The summed E-state index contributed by atoms with van der Waals surface area (Å²) < 4.78 is 126. The number of hydrogen-bond donors (Lipinski definition) is 13. The van der Waals surface area contributed by atoms with Crippen molar-refractivity contribution in [1.82, 2.24) is 29.4 Å². The Kier molecular flexibility index (Phi) is 31.2. The summed E-state index contributed by atoms with van der Waals surface area (Å²) in [7, 11) is -20.9. The average Bonchev–Trinajstić information content (AvgIpc) is 3.09. The van der Waals surface area contributed by atoms with Crippen molar-refractivity contribution in [3.05, 3.63) is 6.20 Å². The maximum absolute atomic E-state index is 10.4. The molecule has 38 heteroatoms. The van der Waals surface area contributed by atoms with Gasteiger partial charge < -0.3 is 0 Å². The number of halogens is 6. The topological polar surface area (TPSA) is 406 Å². The molecular formula is C8H32F6N6O19P7+. The Bertz CT molecular complexity index is 969. The molecule has 1 aromatic heterocycles. The number of nitrogens with one attached hydrogen (secondary N) is 1. The highest BCUT2D eigenvalue weighted by molar-refractivity contribution is 7.64. The van der Waals surface area contributed by atoms with Gasteiger partial charge in [-0.25, -0.2) is 27.4 Å². The van der Waals surface area contributed by atoms with Gasteiger partial charge in [0.05, 0.1) is 0 Å². The maximum atomic E-state index is 10.4. The Morgan fingerprint density at radius 1 is 0.543 bits per heavy atom. The van der Waals surface area contributed by atoms with Gasteiger partial charge in [0.25, 0.3) is 0 Å². The SMILES string of the molecule is CN(C)[P+](Oc1cn[nH]n1)(N(C)C)N(C)C.O=P(O)(O)F.O=P(O)(O)F.O=P(O)(O)F.O=P(O)(O)F.O=P(O)(O)F.O=P(O)(O)F. The molecule has 0 aromatic carbocycles. The molecule has 0 bridgehead atoms. The molecule has 0 saturated heterocycles. The Balaban J connectivity index is -0.000000112. The summed E-state index contributed by atoms with van der Waals surface area (Å²) in [6.07, 6.45) is 1.57. The van der Waals surface area contributed by atoms with Crippen LogP contribution in [-0.4, -0.2) is 130 Å². The van der Waals surface area contributed by atoms with Gasteiger partial charge in [0, 0.05) is 42.3 Å². The van der Waals surface area contributed by atoms with Gasteiger partial charge in [-0.2, -0.15) is 10.3 Å². The third kappa shape index (κ3) is 90.3. The average molecular weight is 847 g/mol. The van der Waals surface area contributed by atoms with Gasteiger partial charge in [-0.1, -0.05) is 0 Å². The smallest absolute Gasteiger partial charge is 0.299 e. The first-order valence-corrected chi connectivity index (χ1v) is 20.0. The van der Waals surface area contributed by atoms with E-state index in [0.717, 1.165) is 0 Å². The third-order valence-electron chi connectivity index (χ3n) is 2.17. The van der Waals surface area contributed by atoms with E-state index in [-0.39, 0.29) is 0 Å². The van der Waals surface area contributed by atoms with Crippen LogP contribution in [0.3, 0.4) is 0 Å². The van der Waals surface area contributed by atoms with Crippen molar-refractivity contribution in [2.45, 2.75) is 0 Å². The second-order valence-corrected chi connectivity index (χ2v) is 16.1. The van der Waals surface area contributed by atoms with Gasteiger partial charge in [-0.05, 0) is 0 Å². The minimum absolute atomic E-state index is 0.504. The summed E-state index contributed by atoms with van der Waals surface area (Å²) in [5, 5.41) is 10.2. The molecule has 0 amide bonds. The standard InChI is InChI=1S/C8H20N6OP.6FH2O3P/c1-12(2)16(13(3)4,14(5)6)15-8-7-9-11-10-8;6*1-5(2,3)4/h7H,1-6H3,(H,9,10,11);6*(H2,2,3,4)/q+1;;;;;;. The van der Waals surface area contributed by atoms with Crippen LogP contribution in [0.1, 0.15) is 0 Å². The molecule has 0 spiro atoms. The van der Waals surface area contributed by atoms with Gasteiger partial charge in [0.15, 0.2) is 0 Å².